The second-order valence-electron chi connectivity index (χ2n) is 4.18. The molecule has 0 amide bonds. The summed E-state index contributed by atoms with van der Waals surface area (Å²) in [5.41, 5.74) is 2.27. The number of rotatable bonds is 1. The molecule has 3 aromatic rings. The summed E-state index contributed by atoms with van der Waals surface area (Å²) in [6, 6.07) is 0. The fourth-order valence-corrected chi connectivity index (χ4v) is 1.86. The molecule has 0 atom stereocenters. The summed E-state index contributed by atoms with van der Waals surface area (Å²) in [6.45, 7) is 3.89. The van der Waals surface area contributed by atoms with Crippen LogP contribution in [0, 0.1) is 13.8 Å². The maximum Gasteiger partial charge on any atom is 0.233 e. The highest BCUT2D eigenvalue weighted by molar-refractivity contribution is 5.92. The van der Waals surface area contributed by atoms with E-state index in [0.717, 1.165) is 16.7 Å². The molecular weight excluding hydrogens is 220 g/mol. The molecule has 0 radical (unpaired) electrons. The third-order valence-electron chi connectivity index (χ3n) is 2.85. The molecule has 0 unspecified atom stereocenters. The van der Waals surface area contributed by atoms with E-state index in [0.29, 0.717) is 17.3 Å². The van der Waals surface area contributed by atoms with E-state index in [2.05, 4.69) is 20.5 Å². The first-order valence-electron chi connectivity index (χ1n) is 5.24. The van der Waals surface area contributed by atoms with Gasteiger partial charge in [0.1, 0.15) is 5.76 Å². The van der Waals surface area contributed by atoms with Gasteiger partial charge in [0, 0.05) is 19.7 Å². The minimum atomic E-state index is 0.575. The number of aromatic nitrogens is 5. The fourth-order valence-electron chi connectivity index (χ4n) is 1.86. The molecule has 0 bridgehead atoms. The van der Waals surface area contributed by atoms with E-state index in [1.807, 2.05) is 32.8 Å². The number of anilines is 1. The van der Waals surface area contributed by atoms with Crippen LogP contribution in [-0.2, 0) is 0 Å². The average Bonchev–Trinajstić information content (AvgIpc) is 2.83. The van der Waals surface area contributed by atoms with Crippen LogP contribution in [-0.4, -0.2) is 39.1 Å². The van der Waals surface area contributed by atoms with Crippen LogP contribution in [0.15, 0.2) is 4.42 Å². The number of tetrazole rings is 1. The van der Waals surface area contributed by atoms with Gasteiger partial charge in [0.25, 0.3) is 0 Å². The predicted octanol–water partition coefficient (Wildman–Crippen LogP) is 0.948. The molecule has 17 heavy (non-hydrogen) atoms. The van der Waals surface area contributed by atoms with Gasteiger partial charge in [-0.05, 0) is 24.3 Å². The van der Waals surface area contributed by atoms with Crippen LogP contribution < -0.4 is 4.90 Å². The molecule has 0 aliphatic rings. The maximum absolute atomic E-state index is 5.62. The van der Waals surface area contributed by atoms with Crippen LogP contribution in [0.2, 0.25) is 0 Å². The highest BCUT2D eigenvalue weighted by atomic mass is 16.3. The Labute approximate surface area is 97.0 Å². The number of fused-ring (bicyclic) bond motifs is 3. The van der Waals surface area contributed by atoms with Crippen LogP contribution in [0.5, 0.6) is 0 Å². The normalized spacial score (nSPS) is 11.5. The summed E-state index contributed by atoms with van der Waals surface area (Å²) in [5.74, 6) is 1.49. The number of nitrogens with zero attached hydrogens (tertiary/aromatic N) is 6. The van der Waals surface area contributed by atoms with Crippen molar-refractivity contribution in [3.63, 3.8) is 0 Å². The molecular formula is C10H12N6O. The average molecular weight is 232 g/mol. The highest BCUT2D eigenvalue weighted by Gasteiger charge is 2.18. The Morgan fingerprint density at radius 2 is 2.00 bits per heavy atom. The van der Waals surface area contributed by atoms with Crippen molar-refractivity contribution in [1.29, 1.82) is 0 Å². The van der Waals surface area contributed by atoms with Gasteiger partial charge in [-0.25, -0.2) is 0 Å². The topological polar surface area (TPSA) is 72.4 Å². The van der Waals surface area contributed by atoms with Crippen LogP contribution in [0.4, 0.5) is 5.95 Å². The molecule has 0 aromatic carbocycles. The summed E-state index contributed by atoms with van der Waals surface area (Å²) in [7, 11) is 3.77. The van der Waals surface area contributed by atoms with Gasteiger partial charge >= 0.3 is 0 Å². The Balaban J connectivity index is 2.56. The van der Waals surface area contributed by atoms with Crippen LogP contribution in [0.3, 0.4) is 0 Å². The lowest BCUT2D eigenvalue weighted by Crippen LogP contribution is -2.15. The van der Waals surface area contributed by atoms with Crippen molar-refractivity contribution < 1.29 is 4.42 Å². The lowest BCUT2D eigenvalue weighted by atomic mass is 10.2. The van der Waals surface area contributed by atoms with Gasteiger partial charge in [-0.3, -0.25) is 0 Å². The van der Waals surface area contributed by atoms with Crippen LogP contribution in [0.25, 0.3) is 16.7 Å². The smallest absolute Gasteiger partial charge is 0.233 e. The van der Waals surface area contributed by atoms with E-state index in [1.165, 1.54) is 0 Å². The third kappa shape index (κ3) is 1.22. The van der Waals surface area contributed by atoms with Crippen molar-refractivity contribution in [2.45, 2.75) is 13.8 Å². The minimum absolute atomic E-state index is 0.575. The molecule has 0 fully saturated rings. The number of hydrogen-bond donors (Lipinski definition) is 0. The van der Waals surface area contributed by atoms with Gasteiger partial charge in [0.2, 0.25) is 11.7 Å². The van der Waals surface area contributed by atoms with E-state index in [-0.39, 0.29) is 0 Å². The summed E-state index contributed by atoms with van der Waals surface area (Å²) in [4.78, 5) is 6.28. The summed E-state index contributed by atoms with van der Waals surface area (Å²) >= 11 is 0. The van der Waals surface area contributed by atoms with Gasteiger partial charge in [-0.1, -0.05) is 0 Å². The largest absolute Gasteiger partial charge is 0.443 e. The molecule has 0 aliphatic carbocycles. The van der Waals surface area contributed by atoms with Gasteiger partial charge < -0.3 is 9.32 Å². The molecule has 3 rings (SSSR count). The molecule has 7 nitrogen and oxygen atoms in total. The van der Waals surface area contributed by atoms with Gasteiger partial charge in [-0.2, -0.15) is 9.50 Å². The first-order valence-corrected chi connectivity index (χ1v) is 5.24. The van der Waals surface area contributed by atoms with Gasteiger partial charge in [0.05, 0.1) is 5.39 Å². The predicted molar refractivity (Wildman–Crippen MR) is 62.2 cm³/mol. The lowest BCUT2D eigenvalue weighted by molar-refractivity contribution is 0.563. The second-order valence-corrected chi connectivity index (χ2v) is 4.18. The minimum Gasteiger partial charge on any atom is -0.443 e. The Bertz CT molecular complexity index is 710. The Morgan fingerprint density at radius 1 is 1.24 bits per heavy atom. The van der Waals surface area contributed by atoms with Crippen LogP contribution >= 0.6 is 0 Å². The molecule has 3 heterocycles. The zero-order chi connectivity index (χ0) is 12.2. The molecule has 0 aliphatic heterocycles. The van der Waals surface area contributed by atoms with Crippen molar-refractivity contribution in [2.24, 2.45) is 0 Å². The molecule has 7 heteroatoms. The number of hydrogen-bond acceptors (Lipinski definition) is 6. The zero-order valence-corrected chi connectivity index (χ0v) is 10.1. The maximum atomic E-state index is 5.62. The Hall–Kier alpha value is -2.18. The second kappa shape index (κ2) is 3.16. The molecule has 88 valence electrons. The van der Waals surface area contributed by atoms with E-state index in [1.54, 1.807) is 4.52 Å². The van der Waals surface area contributed by atoms with Crippen molar-refractivity contribution in [1.82, 2.24) is 25.0 Å². The first kappa shape index (κ1) is 10.0. The molecule has 3 aromatic heterocycles. The summed E-state index contributed by atoms with van der Waals surface area (Å²) in [5, 5.41) is 12.6. The third-order valence-corrected chi connectivity index (χ3v) is 2.85. The summed E-state index contributed by atoms with van der Waals surface area (Å²) < 4.78 is 7.24. The molecule has 0 saturated heterocycles. The van der Waals surface area contributed by atoms with Crippen LogP contribution in [0.1, 0.15) is 11.3 Å². The van der Waals surface area contributed by atoms with E-state index in [4.69, 9.17) is 4.42 Å². The van der Waals surface area contributed by atoms with Crippen molar-refractivity contribution in [3.05, 3.63) is 11.3 Å². The van der Waals surface area contributed by atoms with E-state index in [9.17, 15) is 0 Å². The SMILES string of the molecule is Cc1oc2nc(N(C)C)n3nnnc3c2c1C. The molecule has 0 spiro atoms. The Kier molecular flexibility index (Phi) is 1.86. The molecule has 0 N–H and O–H groups in total. The Morgan fingerprint density at radius 3 is 2.71 bits per heavy atom. The van der Waals surface area contributed by atoms with Gasteiger partial charge in [-0.15, -0.1) is 5.10 Å². The zero-order valence-electron chi connectivity index (χ0n) is 10.1. The molecule has 0 saturated carbocycles. The fraction of sp³-hybridized carbons (Fsp3) is 0.400. The highest BCUT2D eigenvalue weighted by Crippen LogP contribution is 2.28. The van der Waals surface area contributed by atoms with Crippen molar-refractivity contribution in [3.8, 4) is 0 Å². The van der Waals surface area contributed by atoms with E-state index >= 15 is 0 Å². The number of furan rings is 1. The van der Waals surface area contributed by atoms with Crippen molar-refractivity contribution in [2.75, 3.05) is 19.0 Å². The number of aryl methyl sites for hydroxylation is 2. The monoisotopic (exact) mass is 232 g/mol. The van der Waals surface area contributed by atoms with Crippen molar-refractivity contribution >= 4 is 22.7 Å². The summed E-state index contributed by atoms with van der Waals surface area (Å²) in [6.07, 6.45) is 0. The van der Waals surface area contributed by atoms with E-state index < -0.39 is 0 Å². The quantitative estimate of drug-likeness (QED) is 0.622. The van der Waals surface area contributed by atoms with Gasteiger partial charge in [0.15, 0.2) is 5.65 Å². The first-order chi connectivity index (χ1) is 8.09. The lowest BCUT2D eigenvalue weighted by Gasteiger charge is -2.10. The standard InChI is InChI=1S/C10H12N6O/c1-5-6(2)17-9-7(5)8-12-13-14-16(8)10(11-9)15(3)4/h1-4H3.